The van der Waals surface area contributed by atoms with Crippen LogP contribution in [0.4, 0.5) is 0 Å². The van der Waals surface area contributed by atoms with E-state index < -0.39 is 0 Å². The van der Waals surface area contributed by atoms with Crippen molar-refractivity contribution in [3.8, 4) is 44.8 Å². The molecule has 0 atom stereocenters. The molecule has 4 heteroatoms. The molecule has 0 N–H and O–H groups in total. The molecular weight excluding hydrogens is 512 g/mol. The molecule has 0 bridgehead atoms. The SMILES string of the molecule is CC(C)(C)c1ccc(C(C)(C)C)c2nc(-c3ccc(-c4cccnc4)cc3)c(-c3ccc(-c4cccnc4)cc3)nc12. The van der Waals surface area contributed by atoms with Crippen molar-refractivity contribution in [2.24, 2.45) is 0 Å². The van der Waals surface area contributed by atoms with Crippen molar-refractivity contribution in [3.63, 3.8) is 0 Å². The zero-order valence-electron chi connectivity index (χ0n) is 25.2. The van der Waals surface area contributed by atoms with Gasteiger partial charge in [-0.25, -0.2) is 9.97 Å². The topological polar surface area (TPSA) is 51.6 Å². The Hall–Kier alpha value is -4.70. The quantitative estimate of drug-likeness (QED) is 0.220. The summed E-state index contributed by atoms with van der Waals surface area (Å²) >= 11 is 0. The molecule has 3 aromatic heterocycles. The predicted octanol–water partition coefficient (Wildman–Crippen LogP) is 9.68. The first-order valence-electron chi connectivity index (χ1n) is 14.5. The highest BCUT2D eigenvalue weighted by molar-refractivity contribution is 5.91. The highest BCUT2D eigenvalue weighted by atomic mass is 14.8. The maximum Gasteiger partial charge on any atom is 0.0973 e. The van der Waals surface area contributed by atoms with E-state index in [9.17, 15) is 0 Å². The van der Waals surface area contributed by atoms with Crippen LogP contribution in [0.3, 0.4) is 0 Å². The fourth-order valence-corrected chi connectivity index (χ4v) is 5.46. The van der Waals surface area contributed by atoms with Gasteiger partial charge in [0, 0.05) is 35.9 Å². The highest BCUT2D eigenvalue weighted by Crippen LogP contribution is 2.39. The number of pyridine rings is 2. The molecule has 0 amide bonds. The second-order valence-corrected chi connectivity index (χ2v) is 12.9. The van der Waals surface area contributed by atoms with Crippen molar-refractivity contribution >= 4 is 11.0 Å². The zero-order chi connectivity index (χ0) is 29.5. The van der Waals surface area contributed by atoms with E-state index in [1.54, 1.807) is 12.4 Å². The highest BCUT2D eigenvalue weighted by Gasteiger charge is 2.26. The molecule has 3 heterocycles. The Morgan fingerprint density at radius 2 is 0.762 bits per heavy atom. The molecular formula is C38H36N4. The maximum atomic E-state index is 5.46. The van der Waals surface area contributed by atoms with Crippen LogP contribution in [0, 0.1) is 0 Å². The Morgan fingerprint density at radius 3 is 1.07 bits per heavy atom. The third kappa shape index (κ3) is 5.33. The summed E-state index contributed by atoms with van der Waals surface area (Å²) in [4.78, 5) is 19.5. The van der Waals surface area contributed by atoms with E-state index >= 15 is 0 Å². The van der Waals surface area contributed by atoms with Crippen molar-refractivity contribution in [1.82, 2.24) is 19.9 Å². The third-order valence-electron chi connectivity index (χ3n) is 7.75. The van der Waals surface area contributed by atoms with Gasteiger partial charge in [0.1, 0.15) is 0 Å². The summed E-state index contributed by atoms with van der Waals surface area (Å²) in [5.74, 6) is 0. The standard InChI is InChI=1S/C38H36N4/c1-37(2,3)31-19-20-32(38(4,5)6)36-35(31)41-33(27-15-11-25(12-16-27)29-9-7-21-39-23-29)34(42-36)28-17-13-26(14-18-28)30-10-8-22-40-24-30/h7-24H,1-6H3. The third-order valence-corrected chi connectivity index (χ3v) is 7.75. The summed E-state index contributed by atoms with van der Waals surface area (Å²) in [6.45, 7) is 13.5. The van der Waals surface area contributed by atoms with Crippen molar-refractivity contribution < 1.29 is 0 Å². The van der Waals surface area contributed by atoms with Gasteiger partial charge >= 0.3 is 0 Å². The van der Waals surface area contributed by atoms with Crippen LogP contribution in [-0.4, -0.2) is 19.9 Å². The molecule has 0 radical (unpaired) electrons. The van der Waals surface area contributed by atoms with Gasteiger partial charge in [-0.05, 0) is 56.3 Å². The molecule has 3 aromatic carbocycles. The summed E-state index contributed by atoms with van der Waals surface area (Å²) < 4.78 is 0. The summed E-state index contributed by atoms with van der Waals surface area (Å²) in [5, 5.41) is 0. The van der Waals surface area contributed by atoms with Crippen molar-refractivity contribution in [3.05, 3.63) is 121 Å². The van der Waals surface area contributed by atoms with Gasteiger partial charge in [-0.1, -0.05) is 114 Å². The molecule has 0 fully saturated rings. The molecule has 6 aromatic rings. The van der Waals surface area contributed by atoms with E-state index in [-0.39, 0.29) is 10.8 Å². The van der Waals surface area contributed by atoms with Crippen LogP contribution in [0.15, 0.2) is 110 Å². The number of benzene rings is 3. The fraction of sp³-hybridized carbons (Fsp3) is 0.211. The molecule has 0 spiro atoms. The van der Waals surface area contributed by atoms with Crippen molar-refractivity contribution in [1.29, 1.82) is 0 Å². The number of rotatable bonds is 4. The Labute approximate surface area is 248 Å². The van der Waals surface area contributed by atoms with Crippen molar-refractivity contribution in [2.45, 2.75) is 52.4 Å². The summed E-state index contributed by atoms with van der Waals surface area (Å²) in [7, 11) is 0. The first kappa shape index (κ1) is 27.5. The van der Waals surface area contributed by atoms with Gasteiger partial charge < -0.3 is 0 Å². The number of hydrogen-bond acceptors (Lipinski definition) is 4. The molecule has 0 aliphatic rings. The smallest absolute Gasteiger partial charge is 0.0973 e. The summed E-state index contributed by atoms with van der Waals surface area (Å²) in [6, 6.07) is 29.7. The minimum atomic E-state index is -0.0856. The lowest BCUT2D eigenvalue weighted by atomic mass is 9.80. The second-order valence-electron chi connectivity index (χ2n) is 12.9. The van der Waals surface area contributed by atoms with Gasteiger partial charge in [-0.3, -0.25) is 9.97 Å². The Kier molecular flexibility index (Phi) is 6.94. The molecule has 0 saturated carbocycles. The lowest BCUT2D eigenvalue weighted by Gasteiger charge is -2.26. The minimum absolute atomic E-state index is 0.0856. The average Bonchev–Trinajstić information content (AvgIpc) is 3.00. The largest absolute Gasteiger partial charge is 0.264 e. The van der Waals surface area contributed by atoms with Crippen LogP contribution >= 0.6 is 0 Å². The lowest BCUT2D eigenvalue weighted by Crippen LogP contribution is -2.17. The van der Waals surface area contributed by atoms with E-state index in [1.165, 1.54) is 11.1 Å². The van der Waals surface area contributed by atoms with Crippen LogP contribution in [0.1, 0.15) is 52.7 Å². The first-order valence-corrected chi connectivity index (χ1v) is 14.5. The average molecular weight is 549 g/mol. The monoisotopic (exact) mass is 548 g/mol. The first-order chi connectivity index (χ1) is 20.1. The molecule has 0 saturated heterocycles. The molecule has 0 aliphatic heterocycles. The van der Waals surface area contributed by atoms with Crippen LogP contribution in [-0.2, 0) is 10.8 Å². The van der Waals surface area contributed by atoms with E-state index in [0.29, 0.717) is 0 Å². The number of aromatic nitrogens is 4. The van der Waals surface area contributed by atoms with E-state index in [2.05, 4.69) is 124 Å². The van der Waals surface area contributed by atoms with E-state index in [0.717, 1.165) is 55.8 Å². The van der Waals surface area contributed by atoms with Gasteiger partial charge in [0.15, 0.2) is 0 Å². The maximum absolute atomic E-state index is 5.46. The number of nitrogens with zero attached hydrogens (tertiary/aromatic N) is 4. The van der Waals surface area contributed by atoms with Crippen LogP contribution in [0.25, 0.3) is 55.8 Å². The normalized spacial score (nSPS) is 12.0. The van der Waals surface area contributed by atoms with E-state index in [4.69, 9.17) is 9.97 Å². The van der Waals surface area contributed by atoms with Crippen LogP contribution < -0.4 is 0 Å². The minimum Gasteiger partial charge on any atom is -0.264 e. The molecule has 4 nitrogen and oxygen atoms in total. The molecule has 6 rings (SSSR count). The molecule has 208 valence electrons. The fourth-order valence-electron chi connectivity index (χ4n) is 5.46. The Balaban J connectivity index is 1.59. The van der Waals surface area contributed by atoms with Crippen LogP contribution in [0.5, 0.6) is 0 Å². The van der Waals surface area contributed by atoms with Gasteiger partial charge in [-0.2, -0.15) is 0 Å². The number of hydrogen-bond donors (Lipinski definition) is 0. The zero-order valence-corrected chi connectivity index (χ0v) is 25.2. The van der Waals surface area contributed by atoms with Crippen LogP contribution in [0.2, 0.25) is 0 Å². The molecule has 42 heavy (non-hydrogen) atoms. The van der Waals surface area contributed by atoms with E-state index in [1.807, 2.05) is 24.5 Å². The summed E-state index contributed by atoms with van der Waals surface area (Å²) in [6.07, 6.45) is 7.38. The number of fused-ring (bicyclic) bond motifs is 1. The predicted molar refractivity (Wildman–Crippen MR) is 174 cm³/mol. The Bertz CT molecular complexity index is 1710. The second kappa shape index (κ2) is 10.6. The van der Waals surface area contributed by atoms with Gasteiger partial charge in [-0.15, -0.1) is 0 Å². The molecule has 0 unspecified atom stereocenters. The van der Waals surface area contributed by atoms with Gasteiger partial charge in [0.25, 0.3) is 0 Å². The lowest BCUT2D eigenvalue weighted by molar-refractivity contribution is 0.583. The van der Waals surface area contributed by atoms with Gasteiger partial charge in [0.2, 0.25) is 0 Å². The van der Waals surface area contributed by atoms with Crippen molar-refractivity contribution in [2.75, 3.05) is 0 Å². The summed E-state index contributed by atoms with van der Waals surface area (Å²) in [5.41, 5.74) is 12.4. The molecule has 0 aliphatic carbocycles. The Morgan fingerprint density at radius 1 is 0.405 bits per heavy atom. The van der Waals surface area contributed by atoms with Gasteiger partial charge in [0.05, 0.1) is 22.4 Å².